The number of rotatable bonds is 12. The first kappa shape index (κ1) is 30.0. The smallest absolute Gasteiger partial charge is 0.269 e. The Morgan fingerprint density at radius 1 is 0.535 bits per heavy atom. The Morgan fingerprint density at radius 2 is 0.837 bits per heavy atom. The molecule has 1 aliphatic rings. The maximum absolute atomic E-state index is 13.3. The zero-order valence-electron chi connectivity index (χ0n) is 23.4. The number of nitro benzene ring substituents is 2. The van der Waals surface area contributed by atoms with Crippen LogP contribution in [-0.4, -0.2) is 51.7 Å². The molecule has 1 aliphatic heterocycles. The summed E-state index contributed by atoms with van der Waals surface area (Å²) in [5.41, 5.74) is 3.73. The fraction of sp³-hybridized carbons (Fsp3) is 0.250. The van der Waals surface area contributed by atoms with Gasteiger partial charge in [-0.1, -0.05) is 84.9 Å². The van der Waals surface area contributed by atoms with E-state index in [-0.39, 0.29) is 35.0 Å². The van der Waals surface area contributed by atoms with Gasteiger partial charge in [-0.3, -0.25) is 30.0 Å². The van der Waals surface area contributed by atoms with E-state index < -0.39 is 19.7 Å². The average Bonchev–Trinajstić information content (AvgIpc) is 3.33. The van der Waals surface area contributed by atoms with Crippen molar-refractivity contribution in [2.45, 2.75) is 38.3 Å². The SMILES string of the molecule is O=[N+]([O-])c1ccc(CN(Cc2ccccc2)[C@H]2CS(=O)(=O)C[C@@H]2N(Cc2ccccc2)Cc2ccc([N+](=O)[O-])cc2)cc1. The van der Waals surface area contributed by atoms with Crippen molar-refractivity contribution in [2.24, 2.45) is 0 Å². The highest BCUT2D eigenvalue weighted by molar-refractivity contribution is 7.91. The molecule has 2 atom stereocenters. The molecule has 1 heterocycles. The van der Waals surface area contributed by atoms with Crippen molar-refractivity contribution in [1.29, 1.82) is 0 Å². The Labute approximate surface area is 250 Å². The highest BCUT2D eigenvalue weighted by atomic mass is 32.2. The Bertz CT molecular complexity index is 1530. The summed E-state index contributed by atoms with van der Waals surface area (Å²) in [5.74, 6) is -0.0495. The van der Waals surface area contributed by atoms with Crippen molar-refractivity contribution in [3.63, 3.8) is 0 Å². The molecule has 0 saturated carbocycles. The quantitative estimate of drug-likeness (QED) is 0.157. The highest BCUT2D eigenvalue weighted by Crippen LogP contribution is 2.29. The van der Waals surface area contributed by atoms with E-state index in [4.69, 9.17) is 0 Å². The third-order valence-electron chi connectivity index (χ3n) is 7.75. The summed E-state index contributed by atoms with van der Waals surface area (Å²) < 4.78 is 26.6. The summed E-state index contributed by atoms with van der Waals surface area (Å²) >= 11 is 0. The predicted molar refractivity (Wildman–Crippen MR) is 164 cm³/mol. The lowest BCUT2D eigenvalue weighted by atomic mass is 10.0. The van der Waals surface area contributed by atoms with Crippen LogP contribution in [-0.2, 0) is 36.0 Å². The molecule has 0 unspecified atom stereocenters. The second-order valence-electron chi connectivity index (χ2n) is 10.8. The zero-order chi connectivity index (χ0) is 30.4. The van der Waals surface area contributed by atoms with Gasteiger partial charge in [0.15, 0.2) is 9.84 Å². The summed E-state index contributed by atoms with van der Waals surface area (Å²) in [4.78, 5) is 25.9. The molecule has 222 valence electrons. The Hall–Kier alpha value is -4.45. The van der Waals surface area contributed by atoms with Gasteiger partial charge >= 0.3 is 0 Å². The fourth-order valence-electron chi connectivity index (χ4n) is 5.64. The number of hydrogen-bond donors (Lipinski definition) is 0. The van der Waals surface area contributed by atoms with Gasteiger partial charge in [-0.25, -0.2) is 8.42 Å². The van der Waals surface area contributed by atoms with Crippen LogP contribution >= 0.6 is 0 Å². The number of nitrogens with zero attached hydrogens (tertiary/aromatic N) is 4. The first-order valence-electron chi connectivity index (χ1n) is 13.9. The minimum atomic E-state index is -3.40. The Kier molecular flexibility index (Phi) is 9.24. The van der Waals surface area contributed by atoms with Gasteiger partial charge in [0.1, 0.15) is 0 Å². The predicted octanol–water partition coefficient (Wildman–Crippen LogP) is 5.37. The van der Waals surface area contributed by atoms with Gasteiger partial charge in [0.25, 0.3) is 11.4 Å². The van der Waals surface area contributed by atoms with Crippen LogP contribution in [0.4, 0.5) is 11.4 Å². The topological polar surface area (TPSA) is 127 Å². The number of benzene rings is 4. The summed E-state index contributed by atoms with van der Waals surface area (Å²) in [6, 6.07) is 31.6. The van der Waals surface area contributed by atoms with Crippen molar-refractivity contribution < 1.29 is 18.3 Å². The highest BCUT2D eigenvalue weighted by Gasteiger charge is 2.44. The van der Waals surface area contributed by atoms with Gasteiger partial charge in [-0.05, 0) is 22.3 Å². The zero-order valence-corrected chi connectivity index (χ0v) is 24.3. The van der Waals surface area contributed by atoms with Crippen molar-refractivity contribution in [3.8, 4) is 0 Å². The Morgan fingerprint density at radius 3 is 1.14 bits per heavy atom. The third kappa shape index (κ3) is 7.89. The molecule has 4 aromatic rings. The van der Waals surface area contributed by atoms with Crippen LogP contribution in [0.25, 0.3) is 0 Å². The van der Waals surface area contributed by atoms with Crippen molar-refractivity contribution in [1.82, 2.24) is 9.80 Å². The number of non-ortho nitro benzene ring substituents is 2. The molecule has 11 heteroatoms. The van der Waals surface area contributed by atoms with Gasteiger partial charge in [-0.15, -0.1) is 0 Å². The van der Waals surface area contributed by atoms with E-state index in [0.29, 0.717) is 26.2 Å². The minimum absolute atomic E-state index is 0.00295. The van der Waals surface area contributed by atoms with Crippen LogP contribution in [0.5, 0.6) is 0 Å². The fourth-order valence-corrected chi connectivity index (χ4v) is 7.68. The molecule has 0 aromatic heterocycles. The van der Waals surface area contributed by atoms with Crippen LogP contribution in [0.3, 0.4) is 0 Å². The summed E-state index contributed by atoms with van der Waals surface area (Å²) in [5, 5.41) is 22.4. The molecule has 0 bridgehead atoms. The molecule has 0 aliphatic carbocycles. The lowest BCUT2D eigenvalue weighted by Crippen LogP contribution is -2.50. The monoisotopic (exact) mass is 600 g/mol. The summed E-state index contributed by atoms with van der Waals surface area (Å²) in [7, 11) is -3.40. The summed E-state index contributed by atoms with van der Waals surface area (Å²) in [6.07, 6.45) is 0. The first-order chi connectivity index (χ1) is 20.7. The third-order valence-corrected chi connectivity index (χ3v) is 9.45. The normalized spacial score (nSPS) is 17.7. The average molecular weight is 601 g/mol. The van der Waals surface area contributed by atoms with Gasteiger partial charge in [0.05, 0.1) is 21.4 Å². The van der Waals surface area contributed by atoms with Gasteiger partial charge in [0.2, 0.25) is 0 Å². The second-order valence-corrected chi connectivity index (χ2v) is 13.0. The van der Waals surface area contributed by atoms with Crippen molar-refractivity contribution in [2.75, 3.05) is 11.5 Å². The lowest BCUT2D eigenvalue weighted by Gasteiger charge is -2.38. The Balaban J connectivity index is 1.50. The van der Waals surface area contributed by atoms with Crippen molar-refractivity contribution in [3.05, 3.63) is 152 Å². The molecular weight excluding hydrogens is 568 g/mol. The molecule has 0 radical (unpaired) electrons. The van der Waals surface area contributed by atoms with Crippen molar-refractivity contribution >= 4 is 21.2 Å². The van der Waals surface area contributed by atoms with E-state index in [9.17, 15) is 28.6 Å². The summed E-state index contributed by atoms with van der Waals surface area (Å²) in [6.45, 7) is 1.79. The molecule has 5 rings (SSSR count). The van der Waals surface area contributed by atoms with E-state index in [0.717, 1.165) is 22.3 Å². The maximum Gasteiger partial charge on any atom is 0.269 e. The second kappa shape index (κ2) is 13.2. The van der Waals surface area contributed by atoms with E-state index in [1.165, 1.54) is 24.3 Å². The molecule has 0 N–H and O–H groups in total. The molecular formula is C32H32N4O6S. The maximum atomic E-state index is 13.3. The van der Waals surface area contributed by atoms with Crippen LogP contribution in [0.15, 0.2) is 109 Å². The number of hydrogen-bond acceptors (Lipinski definition) is 8. The van der Waals surface area contributed by atoms with E-state index in [1.807, 2.05) is 60.7 Å². The van der Waals surface area contributed by atoms with Gasteiger partial charge in [-0.2, -0.15) is 0 Å². The van der Waals surface area contributed by atoms with Crippen LogP contribution in [0.2, 0.25) is 0 Å². The van der Waals surface area contributed by atoms with Gasteiger partial charge < -0.3 is 0 Å². The van der Waals surface area contributed by atoms with Crippen LogP contribution in [0.1, 0.15) is 22.3 Å². The van der Waals surface area contributed by atoms with E-state index in [1.54, 1.807) is 24.3 Å². The first-order valence-corrected chi connectivity index (χ1v) is 15.7. The number of nitro groups is 2. The molecule has 4 aromatic carbocycles. The molecule has 43 heavy (non-hydrogen) atoms. The van der Waals surface area contributed by atoms with E-state index >= 15 is 0 Å². The number of sulfone groups is 1. The molecule has 0 amide bonds. The molecule has 1 fully saturated rings. The molecule has 1 saturated heterocycles. The largest absolute Gasteiger partial charge is 0.289 e. The van der Waals surface area contributed by atoms with Gasteiger partial charge in [0, 0.05) is 62.5 Å². The minimum Gasteiger partial charge on any atom is -0.289 e. The lowest BCUT2D eigenvalue weighted by molar-refractivity contribution is -0.385. The molecule has 0 spiro atoms. The van der Waals surface area contributed by atoms with E-state index in [2.05, 4.69) is 9.80 Å². The standard InChI is InChI=1S/C32H32N4O6S/c37-35(38)29-15-11-27(12-16-29)21-33(19-25-7-3-1-4-8-25)31-23-43(41,42)24-32(31)34(20-26-9-5-2-6-10-26)22-28-13-17-30(18-14-28)36(39)40/h1-18,31-32H,19-24H2/t31-,32-/m0/s1. The van der Waals surface area contributed by atoms with Crippen LogP contribution in [0, 0.1) is 20.2 Å². The van der Waals surface area contributed by atoms with Crippen LogP contribution < -0.4 is 0 Å². The molecule has 10 nitrogen and oxygen atoms in total.